The average Bonchev–Trinajstić information content (AvgIpc) is 2.13. The van der Waals surface area contributed by atoms with E-state index in [1.54, 1.807) is 0 Å². The van der Waals surface area contributed by atoms with Crippen molar-refractivity contribution in [2.24, 2.45) is 5.92 Å². The first-order chi connectivity index (χ1) is 6.97. The molecule has 0 bridgehead atoms. The zero-order valence-electron chi connectivity index (χ0n) is 10.7. The van der Waals surface area contributed by atoms with Gasteiger partial charge < -0.3 is 16.6 Å². The topological polar surface area (TPSA) is 74.6 Å². The number of carbonyl (C=O) groups is 2. The Morgan fingerprint density at radius 1 is 1.19 bits per heavy atom. The third-order valence-electron chi connectivity index (χ3n) is 1.96. The zero-order chi connectivity index (χ0) is 12.3. The van der Waals surface area contributed by atoms with Crippen molar-refractivity contribution >= 4 is 11.9 Å². The second-order valence-electron chi connectivity index (χ2n) is 3.25. The van der Waals surface area contributed by atoms with Crippen LogP contribution in [0.25, 0.3) is 0 Å². The zero-order valence-corrected chi connectivity index (χ0v) is 12.7. The van der Waals surface area contributed by atoms with Crippen LogP contribution in [-0.2, 0) is 9.59 Å². The minimum atomic E-state index is -1.31. The molecule has 4 nitrogen and oxygen atoms in total. The van der Waals surface area contributed by atoms with Crippen LogP contribution < -0.4 is 29.6 Å². The van der Waals surface area contributed by atoms with Crippen LogP contribution in [0.5, 0.6) is 0 Å². The second-order valence-corrected chi connectivity index (χ2v) is 3.25. The van der Waals surface area contributed by atoms with Crippen molar-refractivity contribution in [2.75, 3.05) is 0 Å². The smallest absolute Gasteiger partial charge is 0.481 e. The molecule has 0 aliphatic rings. The standard InChI is InChI=1S/C8H17.C3H4O4.Na/c1-4-7-8(5-2)6-3;4-2(5)1-3(6)7;/h5,8H,4,6-7H2,1-3H3;1H2,(H,4,5)(H,6,7);/q-1;;+1. The predicted molar refractivity (Wildman–Crippen MR) is 58.6 cm³/mol. The SMILES string of the molecule is C[CH-]C(CC)CCC.O=C(O)CC(=O)O.[Na+]. The maximum Gasteiger partial charge on any atom is 1.00 e. The van der Waals surface area contributed by atoms with Crippen LogP contribution in [0.15, 0.2) is 0 Å². The quantitative estimate of drug-likeness (QED) is 0.376. The van der Waals surface area contributed by atoms with Crippen molar-refractivity contribution < 1.29 is 49.4 Å². The number of carboxylic acids is 2. The summed E-state index contributed by atoms with van der Waals surface area (Å²) in [5.74, 6) is -1.75. The second kappa shape index (κ2) is 14.9. The minimum Gasteiger partial charge on any atom is -0.481 e. The Kier molecular flexibility index (Phi) is 19.8. The fourth-order valence-electron chi connectivity index (χ4n) is 1.11. The summed E-state index contributed by atoms with van der Waals surface area (Å²) < 4.78 is 0. The van der Waals surface area contributed by atoms with E-state index in [0.29, 0.717) is 0 Å². The molecule has 0 radical (unpaired) electrons. The van der Waals surface area contributed by atoms with Gasteiger partial charge in [-0.1, -0.05) is 33.1 Å². The third kappa shape index (κ3) is 19.5. The fraction of sp³-hybridized carbons (Fsp3) is 0.727. The van der Waals surface area contributed by atoms with Gasteiger partial charge in [0.2, 0.25) is 0 Å². The van der Waals surface area contributed by atoms with E-state index in [1.165, 1.54) is 19.3 Å². The predicted octanol–water partition coefficient (Wildman–Crippen LogP) is -0.413. The summed E-state index contributed by atoms with van der Waals surface area (Å²) in [5, 5.41) is 15.4. The molecule has 0 fully saturated rings. The molecule has 2 N–H and O–H groups in total. The van der Waals surface area contributed by atoms with Gasteiger partial charge in [0.1, 0.15) is 6.42 Å². The molecule has 1 unspecified atom stereocenters. The van der Waals surface area contributed by atoms with Crippen molar-refractivity contribution in [2.45, 2.75) is 46.5 Å². The Morgan fingerprint density at radius 2 is 1.62 bits per heavy atom. The fourth-order valence-corrected chi connectivity index (χ4v) is 1.11. The molecule has 0 aliphatic heterocycles. The van der Waals surface area contributed by atoms with Crippen LogP contribution >= 0.6 is 0 Å². The van der Waals surface area contributed by atoms with Crippen molar-refractivity contribution in [1.29, 1.82) is 0 Å². The van der Waals surface area contributed by atoms with Gasteiger partial charge in [-0.05, 0) is 0 Å². The van der Waals surface area contributed by atoms with Crippen molar-refractivity contribution in [3.8, 4) is 0 Å². The molecule has 16 heavy (non-hydrogen) atoms. The number of hydrogen-bond acceptors (Lipinski definition) is 2. The Morgan fingerprint density at radius 3 is 1.69 bits per heavy atom. The van der Waals surface area contributed by atoms with E-state index >= 15 is 0 Å². The molecular formula is C11H21NaO4. The molecule has 90 valence electrons. The molecule has 0 aromatic rings. The van der Waals surface area contributed by atoms with E-state index in [1.807, 2.05) is 0 Å². The molecule has 0 aliphatic carbocycles. The van der Waals surface area contributed by atoms with Gasteiger partial charge in [0.15, 0.2) is 0 Å². The Hall–Kier alpha value is -0.0600. The summed E-state index contributed by atoms with van der Waals surface area (Å²) in [6, 6.07) is 0. The van der Waals surface area contributed by atoms with E-state index in [2.05, 4.69) is 27.2 Å². The Labute approximate surface area is 120 Å². The summed E-state index contributed by atoms with van der Waals surface area (Å²) in [5.41, 5.74) is 0. The van der Waals surface area contributed by atoms with Crippen molar-refractivity contribution in [3.63, 3.8) is 0 Å². The molecule has 5 heteroatoms. The molecule has 0 aromatic carbocycles. The summed E-state index contributed by atoms with van der Waals surface area (Å²) in [6.07, 6.45) is 5.50. The van der Waals surface area contributed by atoms with Crippen LogP contribution in [0.4, 0.5) is 0 Å². The van der Waals surface area contributed by atoms with Gasteiger partial charge in [0.25, 0.3) is 0 Å². The summed E-state index contributed by atoms with van der Waals surface area (Å²) in [7, 11) is 0. The molecule has 0 saturated carbocycles. The van der Waals surface area contributed by atoms with Crippen LogP contribution in [0.1, 0.15) is 46.5 Å². The van der Waals surface area contributed by atoms with Gasteiger partial charge in [-0.25, -0.2) is 0 Å². The van der Waals surface area contributed by atoms with Gasteiger partial charge in [0, 0.05) is 0 Å². The number of rotatable bonds is 6. The van der Waals surface area contributed by atoms with Crippen LogP contribution in [0, 0.1) is 12.3 Å². The van der Waals surface area contributed by atoms with Crippen LogP contribution in [0.2, 0.25) is 0 Å². The average molecular weight is 240 g/mol. The van der Waals surface area contributed by atoms with Crippen LogP contribution in [-0.4, -0.2) is 22.2 Å². The Balaban J connectivity index is -0.000000200. The molecule has 0 heterocycles. The van der Waals surface area contributed by atoms with E-state index in [-0.39, 0.29) is 29.6 Å². The van der Waals surface area contributed by atoms with Crippen molar-refractivity contribution in [1.82, 2.24) is 0 Å². The molecule has 1 atom stereocenters. The third-order valence-corrected chi connectivity index (χ3v) is 1.96. The van der Waals surface area contributed by atoms with Gasteiger partial charge in [-0.15, -0.1) is 0 Å². The largest absolute Gasteiger partial charge is 1.00 e. The van der Waals surface area contributed by atoms with Crippen molar-refractivity contribution in [3.05, 3.63) is 6.42 Å². The molecule has 0 spiro atoms. The van der Waals surface area contributed by atoms with Gasteiger partial charge in [-0.3, -0.25) is 9.59 Å². The molecule has 0 amide bonds. The molecular weight excluding hydrogens is 219 g/mol. The first-order valence-electron chi connectivity index (χ1n) is 5.20. The summed E-state index contributed by atoms with van der Waals surface area (Å²) in [4.78, 5) is 18.9. The first kappa shape index (κ1) is 21.2. The van der Waals surface area contributed by atoms with E-state index in [0.717, 1.165) is 5.92 Å². The molecule has 0 aromatic heterocycles. The number of aliphatic carboxylic acids is 2. The first-order valence-corrected chi connectivity index (χ1v) is 5.20. The normalized spacial score (nSPS) is 10.4. The molecule has 0 rings (SSSR count). The van der Waals surface area contributed by atoms with Gasteiger partial charge >= 0.3 is 41.5 Å². The number of hydrogen-bond donors (Lipinski definition) is 2. The van der Waals surface area contributed by atoms with Gasteiger partial charge in [-0.2, -0.15) is 12.8 Å². The maximum atomic E-state index is 9.43. The van der Waals surface area contributed by atoms with E-state index in [9.17, 15) is 9.59 Å². The maximum absolute atomic E-state index is 9.43. The van der Waals surface area contributed by atoms with Crippen LogP contribution in [0.3, 0.4) is 0 Å². The molecule has 0 saturated heterocycles. The number of carboxylic acid groups (broad SMARTS) is 2. The monoisotopic (exact) mass is 240 g/mol. The van der Waals surface area contributed by atoms with E-state index in [4.69, 9.17) is 10.2 Å². The van der Waals surface area contributed by atoms with Gasteiger partial charge in [0.05, 0.1) is 0 Å². The minimum absolute atomic E-state index is 0. The summed E-state index contributed by atoms with van der Waals surface area (Å²) >= 11 is 0. The summed E-state index contributed by atoms with van der Waals surface area (Å²) in [6.45, 7) is 6.65. The van der Waals surface area contributed by atoms with E-state index < -0.39 is 18.4 Å². The Bertz CT molecular complexity index is 167.